The number of nitrogens with zero attached hydrogens (tertiary/aromatic N) is 3. The molecule has 0 amide bonds. The molecule has 0 N–H and O–H groups in total. The Balaban J connectivity index is 1.97. The molecule has 5 nitrogen and oxygen atoms in total. The van der Waals surface area contributed by atoms with Crippen LogP contribution in [0.5, 0.6) is 0 Å². The van der Waals surface area contributed by atoms with Crippen LogP contribution in [0.1, 0.15) is 11.1 Å². The number of aromatic nitrogens is 1. The SMILES string of the molecule is N#Cc1cccc(C#N)c1-n1c2c3ccccc3oc2c2oc3ccccc3c21. The highest BCUT2D eigenvalue weighted by Gasteiger charge is 2.26. The standard InChI is InChI=1S/C24H11N3O2/c25-12-14-6-5-7-15(13-26)20(14)27-21-16-8-1-3-10-18(16)28-23(21)24-22(27)17-9-2-4-11-19(17)29-24/h1-11H. The molecule has 0 radical (unpaired) electrons. The van der Waals surface area contributed by atoms with Crippen LogP contribution in [0.25, 0.3) is 49.8 Å². The molecule has 6 rings (SSSR count). The minimum Gasteiger partial charge on any atom is -0.450 e. The third kappa shape index (κ3) is 1.91. The monoisotopic (exact) mass is 373 g/mol. The lowest BCUT2D eigenvalue weighted by Gasteiger charge is -2.10. The van der Waals surface area contributed by atoms with Gasteiger partial charge in [0.1, 0.15) is 34.3 Å². The Labute approximate surface area is 164 Å². The summed E-state index contributed by atoms with van der Waals surface area (Å²) in [6, 6.07) is 25.1. The number of benzene rings is 3. The predicted octanol–water partition coefficient (Wildman–Crippen LogP) is 6.02. The van der Waals surface area contributed by atoms with Gasteiger partial charge in [0.2, 0.25) is 0 Å². The number of fused-ring (bicyclic) bond motifs is 7. The van der Waals surface area contributed by atoms with Crippen LogP contribution in [0.15, 0.2) is 75.6 Å². The lowest BCUT2D eigenvalue weighted by atomic mass is 10.1. The molecule has 0 bridgehead atoms. The molecule has 0 fully saturated rings. The van der Waals surface area contributed by atoms with Crippen molar-refractivity contribution in [2.45, 2.75) is 0 Å². The van der Waals surface area contributed by atoms with E-state index in [4.69, 9.17) is 8.83 Å². The smallest absolute Gasteiger partial charge is 0.196 e. The van der Waals surface area contributed by atoms with Crippen molar-refractivity contribution in [3.8, 4) is 17.8 Å². The van der Waals surface area contributed by atoms with E-state index >= 15 is 0 Å². The number of para-hydroxylation sites is 3. The molecule has 0 aliphatic carbocycles. The van der Waals surface area contributed by atoms with Crippen molar-refractivity contribution in [3.63, 3.8) is 0 Å². The van der Waals surface area contributed by atoms with Crippen LogP contribution < -0.4 is 0 Å². The van der Waals surface area contributed by atoms with Crippen molar-refractivity contribution in [1.82, 2.24) is 4.57 Å². The predicted molar refractivity (Wildman–Crippen MR) is 110 cm³/mol. The molecule has 0 saturated carbocycles. The van der Waals surface area contributed by atoms with Gasteiger partial charge in [-0.3, -0.25) is 4.57 Å². The summed E-state index contributed by atoms with van der Waals surface area (Å²) in [7, 11) is 0. The molecule has 29 heavy (non-hydrogen) atoms. The fourth-order valence-corrected chi connectivity index (χ4v) is 4.12. The first-order valence-corrected chi connectivity index (χ1v) is 9.08. The Morgan fingerprint density at radius 3 is 1.59 bits per heavy atom. The van der Waals surface area contributed by atoms with Gasteiger partial charge >= 0.3 is 0 Å². The largest absolute Gasteiger partial charge is 0.450 e. The minimum absolute atomic E-state index is 0.415. The highest BCUT2D eigenvalue weighted by atomic mass is 16.4. The first-order chi connectivity index (χ1) is 14.3. The number of rotatable bonds is 1. The molecule has 0 saturated heterocycles. The highest BCUT2D eigenvalue weighted by Crippen LogP contribution is 2.43. The maximum absolute atomic E-state index is 9.79. The second kappa shape index (κ2) is 5.51. The number of hydrogen-bond donors (Lipinski definition) is 0. The average Bonchev–Trinajstić information content (AvgIpc) is 3.41. The third-order valence-electron chi connectivity index (χ3n) is 5.29. The van der Waals surface area contributed by atoms with Gasteiger partial charge in [-0.25, -0.2) is 0 Å². The molecule has 0 unspecified atom stereocenters. The van der Waals surface area contributed by atoms with Gasteiger partial charge in [0.25, 0.3) is 0 Å². The van der Waals surface area contributed by atoms with Gasteiger partial charge in [0.05, 0.1) is 16.8 Å². The van der Waals surface area contributed by atoms with Crippen LogP contribution in [-0.4, -0.2) is 4.57 Å². The van der Waals surface area contributed by atoms with Crippen LogP contribution in [-0.2, 0) is 0 Å². The van der Waals surface area contributed by atoms with Crippen LogP contribution in [0.4, 0.5) is 0 Å². The molecule has 3 aromatic carbocycles. The summed E-state index contributed by atoms with van der Waals surface area (Å²) >= 11 is 0. The van der Waals surface area contributed by atoms with E-state index in [1.807, 2.05) is 53.1 Å². The van der Waals surface area contributed by atoms with E-state index in [0.29, 0.717) is 28.0 Å². The molecule has 134 valence electrons. The maximum atomic E-state index is 9.79. The van der Waals surface area contributed by atoms with Crippen LogP contribution in [0.3, 0.4) is 0 Å². The van der Waals surface area contributed by atoms with Gasteiger partial charge < -0.3 is 8.83 Å². The van der Waals surface area contributed by atoms with Crippen molar-refractivity contribution in [3.05, 3.63) is 77.9 Å². The Morgan fingerprint density at radius 1 is 0.621 bits per heavy atom. The number of hydrogen-bond acceptors (Lipinski definition) is 4. The molecule has 6 aromatic rings. The summed E-state index contributed by atoms with van der Waals surface area (Å²) < 4.78 is 14.3. The lowest BCUT2D eigenvalue weighted by molar-refractivity contribution is 0.634. The second-order valence-electron chi connectivity index (χ2n) is 6.81. The molecule has 5 heteroatoms. The van der Waals surface area contributed by atoms with Gasteiger partial charge in [0, 0.05) is 10.8 Å². The van der Waals surface area contributed by atoms with Crippen molar-refractivity contribution >= 4 is 44.1 Å². The highest BCUT2D eigenvalue weighted by molar-refractivity contribution is 6.20. The zero-order valence-corrected chi connectivity index (χ0v) is 15.0. The molecule has 3 heterocycles. The summed E-state index contributed by atoms with van der Waals surface area (Å²) in [5, 5.41) is 21.4. The average molecular weight is 373 g/mol. The van der Waals surface area contributed by atoms with Crippen LogP contribution in [0, 0.1) is 22.7 Å². The topological polar surface area (TPSA) is 78.8 Å². The van der Waals surface area contributed by atoms with Gasteiger partial charge in [0.15, 0.2) is 11.2 Å². The van der Waals surface area contributed by atoms with E-state index in [2.05, 4.69) is 12.1 Å². The van der Waals surface area contributed by atoms with Crippen molar-refractivity contribution in [1.29, 1.82) is 10.5 Å². The first kappa shape index (κ1) is 15.6. The summed E-state index contributed by atoms with van der Waals surface area (Å²) in [5.74, 6) is 0. The van der Waals surface area contributed by atoms with Crippen molar-refractivity contribution < 1.29 is 8.83 Å². The number of furan rings is 2. The van der Waals surface area contributed by atoms with Crippen molar-refractivity contribution in [2.24, 2.45) is 0 Å². The molecule has 3 aromatic heterocycles. The molecular weight excluding hydrogens is 362 g/mol. The van der Waals surface area contributed by atoms with Crippen molar-refractivity contribution in [2.75, 3.05) is 0 Å². The lowest BCUT2D eigenvalue weighted by Crippen LogP contribution is -2.00. The fourth-order valence-electron chi connectivity index (χ4n) is 4.12. The van der Waals surface area contributed by atoms with Crippen LogP contribution >= 0.6 is 0 Å². The number of nitriles is 2. The van der Waals surface area contributed by atoms with E-state index in [9.17, 15) is 10.5 Å². The van der Waals surface area contributed by atoms with Gasteiger partial charge in [-0.15, -0.1) is 0 Å². The van der Waals surface area contributed by atoms with E-state index in [-0.39, 0.29) is 0 Å². The zero-order chi connectivity index (χ0) is 19.5. The Morgan fingerprint density at radius 2 is 1.10 bits per heavy atom. The van der Waals surface area contributed by atoms with Gasteiger partial charge in [-0.2, -0.15) is 10.5 Å². The second-order valence-corrected chi connectivity index (χ2v) is 6.81. The summed E-state index contributed by atoms with van der Waals surface area (Å²) in [6.07, 6.45) is 0. The first-order valence-electron chi connectivity index (χ1n) is 9.08. The molecular formula is C24H11N3O2. The third-order valence-corrected chi connectivity index (χ3v) is 5.29. The van der Waals surface area contributed by atoms with E-state index < -0.39 is 0 Å². The molecule has 0 spiro atoms. The Bertz CT molecular complexity index is 1560. The van der Waals surface area contributed by atoms with Crippen LogP contribution in [0.2, 0.25) is 0 Å². The van der Waals surface area contributed by atoms with Gasteiger partial charge in [-0.05, 0) is 36.4 Å². The molecule has 0 atom stereocenters. The Kier molecular flexibility index (Phi) is 2.96. The minimum atomic E-state index is 0.415. The normalized spacial score (nSPS) is 11.4. The van der Waals surface area contributed by atoms with E-state index in [1.54, 1.807) is 18.2 Å². The van der Waals surface area contributed by atoms with E-state index in [1.165, 1.54) is 0 Å². The maximum Gasteiger partial charge on any atom is 0.196 e. The summed E-state index contributed by atoms with van der Waals surface area (Å²) in [6.45, 7) is 0. The zero-order valence-electron chi connectivity index (χ0n) is 15.0. The summed E-state index contributed by atoms with van der Waals surface area (Å²) in [5.41, 5.74) is 5.61. The quantitative estimate of drug-likeness (QED) is 0.353. The summed E-state index contributed by atoms with van der Waals surface area (Å²) in [4.78, 5) is 0. The fraction of sp³-hybridized carbons (Fsp3) is 0. The van der Waals surface area contributed by atoms with E-state index in [0.717, 1.165) is 33.0 Å². The van der Waals surface area contributed by atoms with Gasteiger partial charge in [-0.1, -0.05) is 30.3 Å². The Hall–Kier alpha value is -4.48. The molecule has 0 aliphatic heterocycles. The molecule has 0 aliphatic rings.